The number of hydrogen-bond donors (Lipinski definition) is 2. The Morgan fingerprint density at radius 1 is 0.432 bits per heavy atom. The fourth-order valence-corrected chi connectivity index (χ4v) is 4.88. The molecule has 12 heteroatoms. The van der Waals surface area contributed by atoms with Gasteiger partial charge in [0.25, 0.3) is 0 Å². The summed E-state index contributed by atoms with van der Waals surface area (Å²) < 4.78 is 43.7. The minimum atomic E-state index is -3.42. The lowest BCUT2D eigenvalue weighted by Crippen LogP contribution is -2.33. The summed E-state index contributed by atoms with van der Waals surface area (Å²) in [6.07, 6.45) is 31.6. The molecule has 44 heavy (non-hydrogen) atoms. The van der Waals surface area contributed by atoms with Gasteiger partial charge in [0, 0.05) is 50.3 Å². The normalized spacial score (nSPS) is 10.5. The Morgan fingerprint density at radius 3 is 0.864 bits per heavy atom. The number of hydrogen-bond acceptors (Lipinski definition) is 4. The Labute approximate surface area is 263 Å². The summed E-state index contributed by atoms with van der Waals surface area (Å²) in [5.41, 5.74) is 2.58. The third-order valence-electron chi connectivity index (χ3n) is 7.26. The Morgan fingerprint density at radius 2 is 0.636 bits per heavy atom. The molecule has 2 rings (SSSR count). The Balaban J connectivity index is 0.00000205. The van der Waals surface area contributed by atoms with Crippen LogP contribution >= 0.6 is 0 Å². The monoisotopic (exact) mass is 628 g/mol. The first-order chi connectivity index (χ1) is 21.3. The van der Waals surface area contributed by atoms with Crippen molar-refractivity contribution < 1.29 is 46.7 Å². The van der Waals surface area contributed by atoms with E-state index in [0.29, 0.717) is 13.2 Å². The van der Waals surface area contributed by atoms with E-state index >= 15 is 0 Å². The molecular weight excluding hydrogens is 574 g/mol. The number of halogens is 4. The number of pyridine rings is 2. The van der Waals surface area contributed by atoms with Crippen molar-refractivity contribution >= 4 is 14.9 Å². The minimum absolute atomic E-state index is 0.347. The van der Waals surface area contributed by atoms with Gasteiger partial charge < -0.3 is 37.5 Å². The van der Waals surface area contributed by atoms with E-state index in [1.165, 1.54) is 114 Å². The van der Waals surface area contributed by atoms with Gasteiger partial charge in [0.15, 0.2) is 24.8 Å². The SMILES string of the molecule is OCCCCCCCCCCC[n+]1ccc(-c2cc[n+](CCCCCCCCCCCO)cc2)cc1.[O-]B(F)F.[O-]B(F)F. The predicted octanol–water partition coefficient (Wildman–Crippen LogP) is 5.48. The molecule has 2 heterocycles. The molecule has 0 aromatic carbocycles. The Kier molecular flexibility index (Phi) is 29.6. The van der Waals surface area contributed by atoms with Crippen molar-refractivity contribution in [3.05, 3.63) is 49.1 Å². The molecule has 0 spiro atoms. The molecule has 2 N–H and O–H groups in total. The van der Waals surface area contributed by atoms with E-state index in [1.807, 2.05) is 0 Å². The number of aromatic nitrogens is 2. The van der Waals surface area contributed by atoms with E-state index in [1.54, 1.807) is 0 Å². The summed E-state index contributed by atoms with van der Waals surface area (Å²) in [6, 6.07) is 8.98. The van der Waals surface area contributed by atoms with Gasteiger partial charge in [-0.3, -0.25) is 0 Å². The maximum Gasteiger partial charge on any atom is 0.447 e. The van der Waals surface area contributed by atoms with Crippen LogP contribution in [-0.2, 0) is 13.1 Å². The Hall–Kier alpha value is -2.01. The molecule has 0 aliphatic rings. The van der Waals surface area contributed by atoms with Crippen molar-refractivity contribution in [2.24, 2.45) is 0 Å². The van der Waals surface area contributed by atoms with E-state index < -0.39 is 14.9 Å². The van der Waals surface area contributed by atoms with Crippen LogP contribution in [0.15, 0.2) is 49.1 Å². The second-order valence-electron chi connectivity index (χ2n) is 11.0. The highest BCUT2D eigenvalue weighted by molar-refractivity contribution is 6.30. The van der Waals surface area contributed by atoms with Gasteiger partial charge in [-0.2, -0.15) is 0 Å². The van der Waals surface area contributed by atoms with E-state index in [2.05, 4.69) is 58.2 Å². The quantitative estimate of drug-likeness (QED) is 0.0739. The molecular formula is C32H54B2F4N2O4. The molecule has 0 amide bonds. The van der Waals surface area contributed by atoms with E-state index in [9.17, 15) is 17.3 Å². The second kappa shape index (κ2) is 31.0. The van der Waals surface area contributed by atoms with Crippen LogP contribution in [0.5, 0.6) is 0 Å². The first-order valence-corrected chi connectivity index (χ1v) is 16.4. The molecule has 0 aliphatic heterocycles. The van der Waals surface area contributed by atoms with Gasteiger partial charge in [-0.25, -0.2) is 9.13 Å². The zero-order valence-electron chi connectivity index (χ0n) is 26.4. The van der Waals surface area contributed by atoms with Crippen LogP contribution in [0.3, 0.4) is 0 Å². The summed E-state index contributed by atoms with van der Waals surface area (Å²) in [6.45, 7) is 2.91. The topological polar surface area (TPSA) is 94.3 Å². The third-order valence-corrected chi connectivity index (χ3v) is 7.26. The Bertz CT molecular complexity index is 793. The van der Waals surface area contributed by atoms with Crippen molar-refractivity contribution in [2.75, 3.05) is 13.2 Å². The number of aryl methyl sites for hydroxylation is 2. The first kappa shape index (κ1) is 42.0. The lowest BCUT2D eigenvalue weighted by Gasteiger charge is -2.03. The minimum Gasteiger partial charge on any atom is -0.824 e. The number of aliphatic hydroxyl groups is 2. The molecule has 6 nitrogen and oxygen atoms in total. The van der Waals surface area contributed by atoms with Gasteiger partial charge in [0.1, 0.15) is 13.1 Å². The van der Waals surface area contributed by atoms with Gasteiger partial charge in [-0.05, 0) is 36.8 Å². The maximum atomic E-state index is 9.78. The average molecular weight is 628 g/mol. The summed E-state index contributed by atoms with van der Waals surface area (Å²) in [5.74, 6) is 0. The lowest BCUT2D eigenvalue weighted by molar-refractivity contribution is -0.697. The van der Waals surface area contributed by atoms with Crippen LogP contribution < -0.4 is 19.2 Å². The fourth-order valence-electron chi connectivity index (χ4n) is 4.88. The third kappa shape index (κ3) is 28.7. The van der Waals surface area contributed by atoms with Gasteiger partial charge >= 0.3 is 14.9 Å². The summed E-state index contributed by atoms with van der Waals surface area (Å²) >= 11 is 0. The molecule has 250 valence electrons. The number of aliphatic hydroxyl groups excluding tert-OH is 2. The molecule has 0 radical (unpaired) electrons. The van der Waals surface area contributed by atoms with Crippen LogP contribution in [0.2, 0.25) is 0 Å². The van der Waals surface area contributed by atoms with E-state index in [4.69, 9.17) is 20.3 Å². The highest BCUT2D eigenvalue weighted by Crippen LogP contribution is 2.16. The molecule has 0 bridgehead atoms. The molecule has 0 aliphatic carbocycles. The number of unbranched alkanes of at least 4 members (excludes halogenated alkanes) is 16. The highest BCUT2D eigenvalue weighted by atomic mass is 19.2. The van der Waals surface area contributed by atoms with E-state index in [-0.39, 0.29) is 0 Å². The molecule has 0 unspecified atom stereocenters. The van der Waals surface area contributed by atoms with Crippen molar-refractivity contribution in [2.45, 2.75) is 129 Å². The summed E-state index contributed by atoms with van der Waals surface area (Å²) in [4.78, 5) is 0. The highest BCUT2D eigenvalue weighted by Gasteiger charge is 2.06. The first-order valence-electron chi connectivity index (χ1n) is 16.4. The zero-order chi connectivity index (χ0) is 32.7. The molecule has 2 aromatic heterocycles. The molecule has 0 saturated heterocycles. The van der Waals surface area contributed by atoms with Gasteiger partial charge in [0.05, 0.1) is 0 Å². The number of nitrogens with zero attached hydrogens (tertiary/aromatic N) is 2. The van der Waals surface area contributed by atoms with Gasteiger partial charge in [-0.15, -0.1) is 0 Å². The second-order valence-corrected chi connectivity index (χ2v) is 11.0. The van der Waals surface area contributed by atoms with Crippen LogP contribution in [0.25, 0.3) is 11.1 Å². The van der Waals surface area contributed by atoms with Crippen molar-refractivity contribution in [1.29, 1.82) is 0 Å². The van der Waals surface area contributed by atoms with Crippen LogP contribution in [0, 0.1) is 0 Å². The molecule has 0 fully saturated rings. The molecule has 0 atom stereocenters. The maximum absolute atomic E-state index is 9.78. The van der Waals surface area contributed by atoms with Crippen LogP contribution in [-0.4, -0.2) is 38.4 Å². The fraction of sp³-hybridized carbons (Fsp3) is 0.688. The standard InChI is InChI=1S/C32H54N2O2.2BF2O/c35-29-17-13-9-5-1-3-7-11-15-23-33-25-19-31(20-26-33)32-21-27-34(28-22-32)24-16-12-8-4-2-6-10-14-18-30-36;2*2-1(3)4/h19-22,25-28,35-36H,1-18,23-24,29-30H2;;/q+2;2*-1. The predicted molar refractivity (Wildman–Crippen MR) is 165 cm³/mol. The average Bonchev–Trinajstić information content (AvgIpc) is 2.99. The van der Waals surface area contributed by atoms with Crippen molar-refractivity contribution in [1.82, 2.24) is 0 Å². The van der Waals surface area contributed by atoms with Crippen LogP contribution in [0.1, 0.15) is 116 Å². The zero-order valence-corrected chi connectivity index (χ0v) is 26.4. The molecule has 0 saturated carbocycles. The van der Waals surface area contributed by atoms with Gasteiger partial charge in [0.2, 0.25) is 0 Å². The van der Waals surface area contributed by atoms with Gasteiger partial charge in [-0.1, -0.05) is 77.0 Å². The summed E-state index contributed by atoms with van der Waals surface area (Å²) in [5, 5.41) is 34.0. The van der Waals surface area contributed by atoms with E-state index in [0.717, 1.165) is 25.9 Å². The lowest BCUT2D eigenvalue weighted by atomic mass is 10.1. The van der Waals surface area contributed by atoms with Crippen molar-refractivity contribution in [3.8, 4) is 11.1 Å². The van der Waals surface area contributed by atoms with Crippen molar-refractivity contribution in [3.63, 3.8) is 0 Å². The smallest absolute Gasteiger partial charge is 0.447 e. The summed E-state index contributed by atoms with van der Waals surface area (Å²) in [7, 11) is -6.83. The van der Waals surface area contributed by atoms with Crippen LogP contribution in [0.4, 0.5) is 17.3 Å². The number of rotatable bonds is 23. The molecule has 2 aromatic rings. The largest absolute Gasteiger partial charge is 0.824 e.